The Morgan fingerprint density at radius 1 is 1.64 bits per heavy atom. The molecule has 1 rings (SSSR count). The third-order valence-corrected chi connectivity index (χ3v) is 2.49. The molecule has 1 N–H and O–H groups in total. The Bertz CT molecular complexity index is 336. The normalized spacial score (nSPS) is 9.86. The van der Waals surface area contributed by atoms with E-state index >= 15 is 0 Å². The van der Waals surface area contributed by atoms with Gasteiger partial charge < -0.3 is 5.11 Å². The molecule has 0 atom stereocenters. The summed E-state index contributed by atoms with van der Waals surface area (Å²) in [6, 6.07) is 0. The summed E-state index contributed by atoms with van der Waals surface area (Å²) >= 11 is 6.82. The van der Waals surface area contributed by atoms with Crippen molar-refractivity contribution >= 4 is 29.6 Å². The van der Waals surface area contributed by atoms with Gasteiger partial charge in [-0.2, -0.15) is 0 Å². The fourth-order valence-corrected chi connectivity index (χ4v) is 1.37. The van der Waals surface area contributed by atoms with E-state index in [0.717, 1.165) is 16.3 Å². The Hall–Kier alpha value is -1.01. The van der Waals surface area contributed by atoms with Gasteiger partial charge in [0.05, 0.1) is 12.2 Å². The highest BCUT2D eigenvalue weighted by molar-refractivity contribution is 7.96. The van der Waals surface area contributed by atoms with Crippen molar-refractivity contribution in [1.29, 1.82) is 0 Å². The van der Waals surface area contributed by atoms with Crippen LogP contribution < -0.4 is 0 Å². The number of carboxylic acid groups (broad SMARTS) is 1. The van der Waals surface area contributed by atoms with Crippen molar-refractivity contribution in [3.8, 4) is 0 Å². The van der Waals surface area contributed by atoms with Gasteiger partial charge in [0.1, 0.15) is 0 Å². The van der Waals surface area contributed by atoms with E-state index in [4.69, 9.17) is 16.7 Å². The molecule has 14 heavy (non-hydrogen) atoms. The van der Waals surface area contributed by atoms with Crippen LogP contribution in [0.3, 0.4) is 0 Å². The molecule has 0 aromatic carbocycles. The zero-order valence-corrected chi connectivity index (χ0v) is 8.92. The minimum atomic E-state index is -1.03. The van der Waals surface area contributed by atoms with E-state index in [-0.39, 0.29) is 11.7 Å². The molecular formula is C7H8ClN3O2S. The van der Waals surface area contributed by atoms with Gasteiger partial charge in [0.15, 0.2) is 5.15 Å². The van der Waals surface area contributed by atoms with Gasteiger partial charge in [-0.1, -0.05) is 11.6 Å². The highest BCUT2D eigenvalue weighted by atomic mass is 35.5. The van der Waals surface area contributed by atoms with Gasteiger partial charge in [-0.15, -0.1) is 0 Å². The van der Waals surface area contributed by atoms with E-state index in [1.165, 1.54) is 12.4 Å². The first kappa shape index (κ1) is 11.1. The Kier molecular flexibility index (Phi) is 3.97. The van der Waals surface area contributed by atoms with Crippen LogP contribution in [0.15, 0.2) is 12.4 Å². The maximum atomic E-state index is 10.7. The molecule has 0 radical (unpaired) electrons. The van der Waals surface area contributed by atoms with E-state index in [9.17, 15) is 4.79 Å². The summed E-state index contributed by atoms with van der Waals surface area (Å²) in [5.74, 6) is 0. The van der Waals surface area contributed by atoms with E-state index in [0.29, 0.717) is 5.69 Å². The standard InChI is InChI=1S/C7H8ClN3O2S/c1-14-11(7(12)13)4-5-6(8)10-3-2-9-5/h2-3H,4H2,1H3,(H,12,13). The van der Waals surface area contributed by atoms with Crippen molar-refractivity contribution in [3.63, 3.8) is 0 Å². The van der Waals surface area contributed by atoms with E-state index in [2.05, 4.69) is 9.97 Å². The van der Waals surface area contributed by atoms with E-state index < -0.39 is 6.09 Å². The van der Waals surface area contributed by atoms with Crippen LogP contribution in [0.5, 0.6) is 0 Å². The van der Waals surface area contributed by atoms with Gasteiger partial charge in [-0.05, 0) is 11.9 Å². The molecule has 0 aliphatic carbocycles. The molecule has 0 aliphatic heterocycles. The first-order valence-corrected chi connectivity index (χ1v) is 5.21. The lowest BCUT2D eigenvalue weighted by Gasteiger charge is -2.14. The molecule has 1 amide bonds. The second-order valence-corrected chi connectivity index (χ2v) is 3.46. The minimum Gasteiger partial charge on any atom is -0.464 e. The highest BCUT2D eigenvalue weighted by Gasteiger charge is 2.13. The maximum absolute atomic E-state index is 10.7. The molecule has 1 aromatic heterocycles. The zero-order chi connectivity index (χ0) is 10.6. The predicted molar refractivity (Wildman–Crippen MR) is 54.1 cm³/mol. The largest absolute Gasteiger partial charge is 0.464 e. The summed E-state index contributed by atoms with van der Waals surface area (Å²) in [4.78, 5) is 18.4. The molecular weight excluding hydrogens is 226 g/mol. The third-order valence-electron chi connectivity index (χ3n) is 1.45. The van der Waals surface area contributed by atoms with E-state index in [1.807, 2.05) is 0 Å². The van der Waals surface area contributed by atoms with Gasteiger partial charge in [0.2, 0.25) is 0 Å². The Morgan fingerprint density at radius 3 is 2.79 bits per heavy atom. The van der Waals surface area contributed by atoms with Crippen LogP contribution in [0.2, 0.25) is 5.15 Å². The fourth-order valence-electron chi connectivity index (χ4n) is 0.802. The summed E-state index contributed by atoms with van der Waals surface area (Å²) < 4.78 is 1.12. The quantitative estimate of drug-likeness (QED) is 0.808. The van der Waals surface area contributed by atoms with Crippen LogP contribution in [0, 0.1) is 0 Å². The molecule has 1 aromatic rings. The fraction of sp³-hybridized carbons (Fsp3) is 0.286. The summed E-state index contributed by atoms with van der Waals surface area (Å²) in [5.41, 5.74) is 0.450. The maximum Gasteiger partial charge on any atom is 0.417 e. The lowest BCUT2D eigenvalue weighted by Crippen LogP contribution is -2.22. The van der Waals surface area contributed by atoms with Crippen LogP contribution in [-0.4, -0.2) is 31.7 Å². The summed E-state index contributed by atoms with van der Waals surface area (Å²) in [7, 11) is 0. The average Bonchev–Trinajstić information content (AvgIpc) is 2.16. The van der Waals surface area contributed by atoms with Crippen molar-refractivity contribution in [2.45, 2.75) is 6.54 Å². The number of hydrogen-bond acceptors (Lipinski definition) is 4. The molecule has 7 heteroatoms. The number of nitrogens with zero attached hydrogens (tertiary/aromatic N) is 3. The number of hydrogen-bond donors (Lipinski definition) is 1. The molecule has 0 saturated carbocycles. The Morgan fingerprint density at radius 2 is 2.29 bits per heavy atom. The smallest absolute Gasteiger partial charge is 0.417 e. The van der Waals surface area contributed by atoms with Gasteiger partial charge >= 0.3 is 6.09 Å². The molecule has 76 valence electrons. The second kappa shape index (κ2) is 5.02. The van der Waals surface area contributed by atoms with Gasteiger partial charge in [0.25, 0.3) is 0 Å². The summed E-state index contributed by atoms with van der Waals surface area (Å²) in [5, 5.41) is 8.97. The van der Waals surface area contributed by atoms with Crippen LogP contribution in [-0.2, 0) is 6.54 Å². The van der Waals surface area contributed by atoms with Gasteiger partial charge in [0, 0.05) is 18.6 Å². The Labute approximate surface area is 90.2 Å². The monoisotopic (exact) mass is 233 g/mol. The zero-order valence-electron chi connectivity index (χ0n) is 7.35. The molecule has 5 nitrogen and oxygen atoms in total. The molecule has 0 spiro atoms. The molecule has 0 fully saturated rings. The van der Waals surface area contributed by atoms with Gasteiger partial charge in [-0.25, -0.2) is 14.1 Å². The highest BCUT2D eigenvalue weighted by Crippen LogP contribution is 2.15. The van der Waals surface area contributed by atoms with E-state index in [1.54, 1.807) is 6.26 Å². The van der Waals surface area contributed by atoms with Crippen LogP contribution in [0.25, 0.3) is 0 Å². The number of aromatic nitrogens is 2. The average molecular weight is 234 g/mol. The van der Waals surface area contributed by atoms with Crippen molar-refractivity contribution in [2.24, 2.45) is 0 Å². The molecule has 0 saturated heterocycles. The topological polar surface area (TPSA) is 66.3 Å². The Balaban J connectivity index is 2.77. The molecule has 1 heterocycles. The number of amides is 1. The van der Waals surface area contributed by atoms with Gasteiger partial charge in [-0.3, -0.25) is 4.98 Å². The first-order chi connectivity index (χ1) is 6.65. The lowest BCUT2D eigenvalue weighted by molar-refractivity contribution is 0.174. The molecule has 0 unspecified atom stereocenters. The number of halogens is 1. The van der Waals surface area contributed by atoms with Crippen molar-refractivity contribution < 1.29 is 9.90 Å². The SMILES string of the molecule is CSN(Cc1nccnc1Cl)C(=O)O. The minimum absolute atomic E-state index is 0.128. The van der Waals surface area contributed by atoms with Crippen LogP contribution in [0.1, 0.15) is 5.69 Å². The predicted octanol–water partition coefficient (Wildman–Crippen LogP) is 1.89. The first-order valence-electron chi connectivity index (χ1n) is 3.65. The number of rotatable bonds is 3. The summed E-state index contributed by atoms with van der Waals surface area (Å²) in [6.45, 7) is 0.128. The lowest BCUT2D eigenvalue weighted by atomic mass is 10.4. The van der Waals surface area contributed by atoms with Crippen molar-refractivity contribution in [2.75, 3.05) is 6.26 Å². The third kappa shape index (κ3) is 2.74. The second-order valence-electron chi connectivity index (χ2n) is 2.30. The van der Waals surface area contributed by atoms with Crippen LogP contribution in [0.4, 0.5) is 4.79 Å². The molecule has 0 aliphatic rings. The molecule has 0 bridgehead atoms. The van der Waals surface area contributed by atoms with Crippen molar-refractivity contribution in [1.82, 2.24) is 14.3 Å². The summed E-state index contributed by atoms with van der Waals surface area (Å²) in [6.07, 6.45) is 3.56. The van der Waals surface area contributed by atoms with Crippen molar-refractivity contribution in [3.05, 3.63) is 23.2 Å². The number of carbonyl (C=O) groups is 1. The van der Waals surface area contributed by atoms with Crippen LogP contribution >= 0.6 is 23.5 Å².